The van der Waals surface area contributed by atoms with Gasteiger partial charge >= 0.3 is 0 Å². The lowest BCUT2D eigenvalue weighted by Crippen LogP contribution is -2.40. The standard InChI is InChI=1S/C20H19Cl2N5O2S2/c1-2-16(23-20(29)30-12-13-7-4-3-5-8-13)17(28)11-27-19(24-25-26-27)31-18-14(21)9-6-10-15(18)22/h3-10,16H,2,11-12H2,1H3,(H,23,29). The fourth-order valence-corrected chi connectivity index (χ4v) is 4.76. The van der Waals surface area contributed by atoms with Gasteiger partial charge in [0.25, 0.3) is 5.24 Å². The summed E-state index contributed by atoms with van der Waals surface area (Å²) in [6.45, 7) is 1.75. The van der Waals surface area contributed by atoms with Crippen molar-refractivity contribution in [1.82, 2.24) is 25.5 Å². The van der Waals surface area contributed by atoms with E-state index in [-0.39, 0.29) is 17.6 Å². The fraction of sp³-hybridized carbons (Fsp3) is 0.250. The summed E-state index contributed by atoms with van der Waals surface area (Å²) in [7, 11) is 0. The zero-order valence-electron chi connectivity index (χ0n) is 16.5. The van der Waals surface area contributed by atoms with Gasteiger partial charge in [-0.25, -0.2) is 4.68 Å². The van der Waals surface area contributed by atoms with E-state index in [0.29, 0.717) is 32.3 Å². The van der Waals surface area contributed by atoms with Crippen LogP contribution in [0.4, 0.5) is 4.79 Å². The molecule has 3 aromatic rings. The molecule has 0 saturated heterocycles. The molecule has 1 N–H and O–H groups in total. The first-order valence-electron chi connectivity index (χ1n) is 9.36. The van der Waals surface area contributed by atoms with E-state index in [1.54, 1.807) is 18.2 Å². The van der Waals surface area contributed by atoms with Crippen molar-refractivity contribution in [2.24, 2.45) is 0 Å². The van der Waals surface area contributed by atoms with Gasteiger partial charge in [-0.15, -0.1) is 5.10 Å². The van der Waals surface area contributed by atoms with Crippen LogP contribution in [0, 0.1) is 0 Å². The van der Waals surface area contributed by atoms with Crippen LogP contribution >= 0.6 is 46.7 Å². The Hall–Kier alpha value is -2.07. The summed E-state index contributed by atoms with van der Waals surface area (Å²) in [6.07, 6.45) is 0.456. The van der Waals surface area contributed by atoms with Crippen molar-refractivity contribution in [1.29, 1.82) is 0 Å². The van der Waals surface area contributed by atoms with Crippen LogP contribution in [0.5, 0.6) is 0 Å². The highest BCUT2D eigenvalue weighted by Crippen LogP contribution is 2.37. The number of Topliss-reactive ketones (excluding diaryl/α,β-unsaturated/α-hetero) is 1. The maximum absolute atomic E-state index is 12.8. The molecule has 0 fully saturated rings. The van der Waals surface area contributed by atoms with Crippen molar-refractivity contribution >= 4 is 57.7 Å². The molecule has 31 heavy (non-hydrogen) atoms. The third kappa shape index (κ3) is 6.70. The van der Waals surface area contributed by atoms with Gasteiger partial charge < -0.3 is 5.32 Å². The molecular formula is C20H19Cl2N5O2S2. The summed E-state index contributed by atoms with van der Waals surface area (Å²) >= 11 is 14.7. The van der Waals surface area contributed by atoms with Crippen LogP contribution in [0.2, 0.25) is 10.0 Å². The molecule has 1 atom stereocenters. The normalized spacial score (nSPS) is 11.8. The Balaban J connectivity index is 1.60. The average Bonchev–Trinajstić information content (AvgIpc) is 3.20. The number of carbonyl (C=O) groups is 2. The zero-order chi connectivity index (χ0) is 22.2. The number of ketones is 1. The van der Waals surface area contributed by atoms with Crippen LogP contribution in [0.1, 0.15) is 18.9 Å². The molecule has 0 radical (unpaired) electrons. The number of halogens is 2. The lowest BCUT2D eigenvalue weighted by molar-refractivity contribution is -0.121. The molecule has 162 valence electrons. The number of rotatable bonds is 9. The van der Waals surface area contributed by atoms with Crippen molar-refractivity contribution < 1.29 is 9.59 Å². The van der Waals surface area contributed by atoms with E-state index in [0.717, 1.165) is 17.3 Å². The van der Waals surface area contributed by atoms with Gasteiger partial charge in [0.15, 0.2) is 5.78 Å². The van der Waals surface area contributed by atoms with Crippen molar-refractivity contribution in [3.05, 3.63) is 64.1 Å². The second kappa shape index (κ2) is 11.5. The third-order valence-corrected chi connectivity index (χ3v) is 7.05. The molecule has 0 aliphatic heterocycles. The van der Waals surface area contributed by atoms with E-state index in [9.17, 15) is 9.59 Å². The largest absolute Gasteiger partial charge is 0.337 e. The highest BCUT2D eigenvalue weighted by atomic mass is 35.5. The summed E-state index contributed by atoms with van der Waals surface area (Å²) in [5.41, 5.74) is 1.04. The number of hydrogen-bond donors (Lipinski definition) is 1. The smallest absolute Gasteiger partial charge is 0.279 e. The van der Waals surface area contributed by atoms with Gasteiger partial charge in [0.05, 0.1) is 21.0 Å². The predicted octanol–water partition coefficient (Wildman–Crippen LogP) is 5.12. The quantitative estimate of drug-likeness (QED) is 0.440. The maximum Gasteiger partial charge on any atom is 0.279 e. The molecule has 11 heteroatoms. The first-order chi connectivity index (χ1) is 15.0. The Labute approximate surface area is 198 Å². The van der Waals surface area contributed by atoms with E-state index in [2.05, 4.69) is 20.8 Å². The number of nitrogens with one attached hydrogen (secondary N) is 1. The fourth-order valence-electron chi connectivity index (χ4n) is 2.62. The van der Waals surface area contributed by atoms with Gasteiger partial charge in [-0.05, 0) is 46.3 Å². The zero-order valence-corrected chi connectivity index (χ0v) is 19.6. The number of carbonyl (C=O) groups excluding carboxylic acids is 2. The number of tetrazole rings is 1. The number of benzene rings is 2. The number of hydrogen-bond acceptors (Lipinski definition) is 7. The van der Waals surface area contributed by atoms with Crippen LogP contribution in [0.25, 0.3) is 0 Å². The topological polar surface area (TPSA) is 89.8 Å². The monoisotopic (exact) mass is 495 g/mol. The Bertz CT molecular complexity index is 1030. The molecule has 7 nitrogen and oxygen atoms in total. The summed E-state index contributed by atoms with van der Waals surface area (Å²) in [5.74, 6) is 0.333. The van der Waals surface area contributed by atoms with Crippen LogP contribution in [-0.4, -0.2) is 37.3 Å². The van der Waals surface area contributed by atoms with Gasteiger partial charge in [0.2, 0.25) is 5.16 Å². The Morgan fingerprint density at radius 1 is 1.10 bits per heavy atom. The summed E-state index contributed by atoms with van der Waals surface area (Å²) in [5, 5.41) is 15.3. The molecule has 0 aliphatic rings. The second-order valence-electron chi connectivity index (χ2n) is 6.41. The molecule has 0 saturated carbocycles. The van der Waals surface area contributed by atoms with Crippen molar-refractivity contribution in [3.63, 3.8) is 0 Å². The maximum atomic E-state index is 12.8. The van der Waals surface area contributed by atoms with Gasteiger partial charge in [0, 0.05) is 5.75 Å². The van der Waals surface area contributed by atoms with E-state index in [4.69, 9.17) is 23.2 Å². The van der Waals surface area contributed by atoms with Crippen molar-refractivity contribution in [2.45, 2.75) is 41.7 Å². The first-order valence-corrected chi connectivity index (χ1v) is 11.9. The van der Waals surface area contributed by atoms with Crippen molar-refractivity contribution in [3.8, 4) is 0 Å². The van der Waals surface area contributed by atoms with E-state index in [1.807, 2.05) is 37.3 Å². The average molecular weight is 496 g/mol. The molecule has 3 rings (SSSR count). The summed E-state index contributed by atoms with van der Waals surface area (Å²) in [4.78, 5) is 25.7. The molecular weight excluding hydrogens is 477 g/mol. The molecule has 2 aromatic carbocycles. The second-order valence-corrected chi connectivity index (χ2v) is 9.15. The van der Waals surface area contributed by atoms with Crippen LogP contribution in [0.15, 0.2) is 58.6 Å². The summed E-state index contributed by atoms with van der Waals surface area (Å²) in [6, 6.07) is 14.2. The van der Waals surface area contributed by atoms with Gasteiger partial charge in [-0.2, -0.15) is 0 Å². The van der Waals surface area contributed by atoms with Gasteiger partial charge in [-0.1, -0.05) is 78.3 Å². The summed E-state index contributed by atoms with van der Waals surface area (Å²) < 4.78 is 1.37. The highest BCUT2D eigenvalue weighted by Gasteiger charge is 2.22. The lowest BCUT2D eigenvalue weighted by atomic mass is 10.1. The molecule has 1 unspecified atom stereocenters. The Kier molecular flexibility index (Phi) is 8.77. The SMILES string of the molecule is CCC(NC(=O)SCc1ccccc1)C(=O)Cn1nnnc1Sc1c(Cl)cccc1Cl. The van der Waals surface area contributed by atoms with E-state index >= 15 is 0 Å². The predicted molar refractivity (Wildman–Crippen MR) is 124 cm³/mol. The first kappa shape index (κ1) is 23.6. The number of thioether (sulfide) groups is 1. The lowest BCUT2D eigenvalue weighted by Gasteiger charge is -2.16. The van der Waals surface area contributed by atoms with Gasteiger partial charge in [-0.3, -0.25) is 9.59 Å². The minimum atomic E-state index is -0.637. The number of aromatic nitrogens is 4. The molecule has 0 bridgehead atoms. The van der Waals surface area contributed by atoms with E-state index in [1.165, 1.54) is 16.4 Å². The molecule has 1 amide bonds. The number of amides is 1. The minimum absolute atomic E-state index is 0.0838. The number of nitrogens with zero attached hydrogens (tertiary/aromatic N) is 4. The minimum Gasteiger partial charge on any atom is -0.337 e. The molecule has 0 aliphatic carbocycles. The Morgan fingerprint density at radius 3 is 2.48 bits per heavy atom. The molecule has 0 spiro atoms. The third-order valence-electron chi connectivity index (χ3n) is 4.22. The van der Waals surface area contributed by atoms with Crippen LogP contribution < -0.4 is 5.32 Å². The van der Waals surface area contributed by atoms with Gasteiger partial charge in [0.1, 0.15) is 6.54 Å². The van der Waals surface area contributed by atoms with Crippen molar-refractivity contribution in [2.75, 3.05) is 0 Å². The Morgan fingerprint density at radius 2 is 1.81 bits per heavy atom. The molecule has 1 heterocycles. The molecule has 1 aromatic heterocycles. The van der Waals surface area contributed by atoms with Crippen LogP contribution in [-0.2, 0) is 17.1 Å². The van der Waals surface area contributed by atoms with Crippen LogP contribution in [0.3, 0.4) is 0 Å². The highest BCUT2D eigenvalue weighted by molar-refractivity contribution is 8.12. The van der Waals surface area contributed by atoms with E-state index < -0.39 is 6.04 Å².